The molecule has 1 fully saturated rings. The van der Waals surface area contributed by atoms with E-state index in [9.17, 15) is 4.79 Å². The number of hydrogen-bond donors (Lipinski definition) is 2. The van der Waals surface area contributed by atoms with Crippen molar-refractivity contribution >= 4 is 18.4 Å². The van der Waals surface area contributed by atoms with Gasteiger partial charge in [-0.05, 0) is 36.6 Å². The van der Waals surface area contributed by atoms with E-state index in [1.807, 2.05) is 5.06 Å². The van der Waals surface area contributed by atoms with Gasteiger partial charge in [0, 0.05) is 57.9 Å². The number of nitrogens with zero attached hydrogens (tertiary/aromatic N) is 2. The summed E-state index contributed by atoms with van der Waals surface area (Å²) < 4.78 is 0. The molecule has 3 rings (SSSR count). The molecular formula is C19H30N4O3. The third-order valence-electron chi connectivity index (χ3n) is 4.70. The van der Waals surface area contributed by atoms with Gasteiger partial charge in [0.25, 0.3) is 0 Å². The predicted molar refractivity (Wildman–Crippen MR) is 102 cm³/mol. The molecule has 0 bridgehead atoms. The van der Waals surface area contributed by atoms with Gasteiger partial charge in [0.2, 0.25) is 6.41 Å². The summed E-state index contributed by atoms with van der Waals surface area (Å²) in [4.78, 5) is 27.9. The summed E-state index contributed by atoms with van der Waals surface area (Å²) >= 11 is 0. The van der Waals surface area contributed by atoms with Crippen LogP contribution in [0.15, 0.2) is 18.2 Å². The van der Waals surface area contributed by atoms with E-state index in [-0.39, 0.29) is 6.04 Å². The zero-order valence-corrected chi connectivity index (χ0v) is 15.7. The topological polar surface area (TPSA) is 73.9 Å². The Labute approximate surface area is 155 Å². The van der Waals surface area contributed by atoms with E-state index in [1.54, 1.807) is 7.05 Å². The molecule has 0 saturated carbocycles. The van der Waals surface area contributed by atoms with E-state index in [0.29, 0.717) is 19.4 Å². The highest BCUT2D eigenvalue weighted by molar-refractivity contribution is 5.52. The van der Waals surface area contributed by atoms with Gasteiger partial charge in [-0.15, -0.1) is 0 Å². The Kier molecular flexibility index (Phi) is 8.53. The standard InChI is InChI=1S/C17H25N3O2.C2H5NO/c1-14(3-2-10-21)20-12-16-11-17(5-4-15(16)13-22-20)19-8-6-18-7-9-19;1-3-2-4/h4-5,10-11,14,18H,2-3,6-9,12-13H2,1H3;2H,1H3,(H,3,4). The molecule has 1 aromatic carbocycles. The Morgan fingerprint density at radius 3 is 2.65 bits per heavy atom. The van der Waals surface area contributed by atoms with E-state index in [0.717, 1.165) is 45.4 Å². The van der Waals surface area contributed by atoms with Crippen molar-refractivity contribution in [2.45, 2.75) is 39.0 Å². The highest BCUT2D eigenvalue weighted by Crippen LogP contribution is 2.27. The smallest absolute Gasteiger partial charge is 0.206 e. The number of fused-ring (bicyclic) bond motifs is 1. The number of anilines is 1. The SMILES string of the molecule is CC(CCC=O)N1Cc2cc(N3CCNCC3)ccc2CO1.CNC=O. The molecule has 2 aliphatic rings. The fraction of sp³-hybridized carbons (Fsp3) is 0.579. The fourth-order valence-corrected chi connectivity index (χ4v) is 3.12. The van der Waals surface area contributed by atoms with Crippen LogP contribution in [0.5, 0.6) is 0 Å². The molecule has 1 unspecified atom stereocenters. The first-order valence-electron chi connectivity index (χ1n) is 9.21. The van der Waals surface area contributed by atoms with E-state index in [2.05, 4.69) is 40.7 Å². The van der Waals surface area contributed by atoms with Crippen molar-refractivity contribution in [3.63, 3.8) is 0 Å². The van der Waals surface area contributed by atoms with E-state index in [4.69, 9.17) is 9.63 Å². The maximum Gasteiger partial charge on any atom is 0.206 e. The Morgan fingerprint density at radius 2 is 2.00 bits per heavy atom. The summed E-state index contributed by atoms with van der Waals surface area (Å²) in [5.41, 5.74) is 3.93. The maximum absolute atomic E-state index is 10.5. The van der Waals surface area contributed by atoms with E-state index >= 15 is 0 Å². The summed E-state index contributed by atoms with van der Waals surface area (Å²) in [7, 11) is 1.56. The summed E-state index contributed by atoms with van der Waals surface area (Å²) in [6.07, 6.45) is 3.04. The van der Waals surface area contributed by atoms with Gasteiger partial charge in [0.05, 0.1) is 6.61 Å². The van der Waals surface area contributed by atoms with Crippen molar-refractivity contribution in [1.82, 2.24) is 15.7 Å². The van der Waals surface area contributed by atoms with Crippen LogP contribution in [0.25, 0.3) is 0 Å². The molecule has 1 atom stereocenters. The molecule has 0 radical (unpaired) electrons. The predicted octanol–water partition coefficient (Wildman–Crippen LogP) is 1.07. The third kappa shape index (κ3) is 5.79. The van der Waals surface area contributed by atoms with E-state index < -0.39 is 0 Å². The van der Waals surface area contributed by atoms with Gasteiger partial charge in [-0.2, -0.15) is 5.06 Å². The number of benzene rings is 1. The van der Waals surface area contributed by atoms with Gasteiger partial charge in [0.15, 0.2) is 0 Å². The summed E-state index contributed by atoms with van der Waals surface area (Å²) in [5, 5.41) is 7.66. The molecule has 144 valence electrons. The molecular weight excluding hydrogens is 332 g/mol. The fourth-order valence-electron chi connectivity index (χ4n) is 3.12. The average molecular weight is 362 g/mol. The molecule has 0 spiro atoms. The van der Waals surface area contributed by atoms with Crippen LogP contribution in [0.2, 0.25) is 0 Å². The largest absolute Gasteiger partial charge is 0.369 e. The number of piperazine rings is 1. The molecule has 2 heterocycles. The van der Waals surface area contributed by atoms with Gasteiger partial charge >= 0.3 is 0 Å². The van der Waals surface area contributed by atoms with Crippen LogP contribution in [0.4, 0.5) is 5.69 Å². The molecule has 26 heavy (non-hydrogen) atoms. The average Bonchev–Trinajstić information content (AvgIpc) is 2.72. The van der Waals surface area contributed by atoms with Crippen LogP contribution in [-0.4, -0.2) is 57.0 Å². The van der Waals surface area contributed by atoms with Crippen LogP contribution in [-0.2, 0) is 27.6 Å². The Morgan fingerprint density at radius 1 is 1.27 bits per heavy atom. The zero-order chi connectivity index (χ0) is 18.8. The molecule has 1 saturated heterocycles. The third-order valence-corrected chi connectivity index (χ3v) is 4.70. The van der Waals surface area contributed by atoms with Gasteiger partial charge in [-0.3, -0.25) is 9.63 Å². The molecule has 1 aromatic rings. The molecule has 7 nitrogen and oxygen atoms in total. The van der Waals surface area contributed by atoms with Crippen molar-refractivity contribution in [2.75, 3.05) is 38.1 Å². The Hall–Kier alpha value is -1.96. The quantitative estimate of drug-likeness (QED) is 0.738. The van der Waals surface area contributed by atoms with Crippen molar-refractivity contribution in [3.05, 3.63) is 29.3 Å². The maximum atomic E-state index is 10.5. The normalized spacial score (nSPS) is 18.2. The second kappa shape index (κ2) is 10.9. The Balaban J connectivity index is 0.000000552. The number of carbonyl (C=O) groups is 2. The number of amides is 1. The van der Waals surface area contributed by atoms with Crippen molar-refractivity contribution < 1.29 is 14.4 Å². The first-order valence-corrected chi connectivity index (χ1v) is 9.21. The summed E-state index contributed by atoms with van der Waals surface area (Å²) in [6.45, 7) is 7.78. The molecule has 0 aromatic heterocycles. The van der Waals surface area contributed by atoms with Crippen LogP contribution < -0.4 is 15.5 Å². The number of nitrogens with one attached hydrogen (secondary N) is 2. The number of hydroxylamine groups is 2. The second-order valence-electron chi connectivity index (χ2n) is 6.54. The minimum Gasteiger partial charge on any atom is -0.369 e. The monoisotopic (exact) mass is 362 g/mol. The highest BCUT2D eigenvalue weighted by Gasteiger charge is 2.22. The van der Waals surface area contributed by atoms with Crippen molar-refractivity contribution in [2.24, 2.45) is 0 Å². The minimum atomic E-state index is 0.265. The zero-order valence-electron chi connectivity index (χ0n) is 15.7. The number of rotatable bonds is 6. The number of carbonyl (C=O) groups excluding carboxylic acids is 2. The molecule has 7 heteroatoms. The van der Waals surface area contributed by atoms with E-state index in [1.165, 1.54) is 16.8 Å². The minimum absolute atomic E-state index is 0.265. The lowest BCUT2D eigenvalue weighted by Gasteiger charge is -2.34. The van der Waals surface area contributed by atoms with Crippen LogP contribution in [0.3, 0.4) is 0 Å². The van der Waals surface area contributed by atoms with Gasteiger partial charge in [-0.25, -0.2) is 0 Å². The summed E-state index contributed by atoms with van der Waals surface area (Å²) in [6, 6.07) is 6.98. The number of aldehydes is 1. The lowest BCUT2D eigenvalue weighted by molar-refractivity contribution is -0.210. The van der Waals surface area contributed by atoms with Crippen LogP contribution in [0, 0.1) is 0 Å². The van der Waals surface area contributed by atoms with Crippen molar-refractivity contribution in [1.29, 1.82) is 0 Å². The first kappa shape index (κ1) is 20.4. The van der Waals surface area contributed by atoms with Crippen LogP contribution in [0.1, 0.15) is 30.9 Å². The first-order chi connectivity index (χ1) is 12.7. The van der Waals surface area contributed by atoms with Crippen molar-refractivity contribution in [3.8, 4) is 0 Å². The lowest BCUT2D eigenvalue weighted by atomic mass is 10.0. The second-order valence-corrected chi connectivity index (χ2v) is 6.54. The van der Waals surface area contributed by atoms with Gasteiger partial charge < -0.3 is 20.3 Å². The molecule has 0 aliphatic carbocycles. The lowest BCUT2D eigenvalue weighted by Crippen LogP contribution is -2.43. The molecule has 2 aliphatic heterocycles. The van der Waals surface area contributed by atoms with Crippen LogP contribution >= 0.6 is 0 Å². The molecule has 2 N–H and O–H groups in total. The highest BCUT2D eigenvalue weighted by atomic mass is 16.7. The van der Waals surface area contributed by atoms with Gasteiger partial charge in [-0.1, -0.05) is 6.07 Å². The van der Waals surface area contributed by atoms with Gasteiger partial charge in [0.1, 0.15) is 6.29 Å². The molecule has 1 amide bonds. The number of hydrogen-bond acceptors (Lipinski definition) is 6. The summed E-state index contributed by atoms with van der Waals surface area (Å²) in [5.74, 6) is 0. The Bertz CT molecular complexity index is 576.